The van der Waals surface area contributed by atoms with Gasteiger partial charge in [-0.25, -0.2) is 4.42 Å². The van der Waals surface area contributed by atoms with E-state index in [1.54, 1.807) is 12.1 Å². The molecule has 0 saturated heterocycles. The Kier molecular flexibility index (Phi) is 7.60. The third-order valence-electron chi connectivity index (χ3n) is 7.27. The molecule has 2 aromatic rings. The number of nitrogens with zero attached hydrogens (tertiary/aromatic N) is 2. The van der Waals surface area contributed by atoms with Crippen LogP contribution in [0.15, 0.2) is 28.8 Å². The first kappa shape index (κ1) is 25.7. The lowest BCUT2D eigenvalue weighted by Crippen LogP contribution is -2.31. The molecule has 6 nitrogen and oxygen atoms in total. The summed E-state index contributed by atoms with van der Waals surface area (Å²) >= 11 is 6.45. The van der Waals surface area contributed by atoms with E-state index < -0.39 is 11.9 Å². The van der Waals surface area contributed by atoms with Crippen LogP contribution >= 0.6 is 11.8 Å². The molecule has 2 fully saturated rings. The Morgan fingerprint density at radius 3 is 2.40 bits per heavy atom. The molecule has 0 radical (unpaired) electrons. The lowest BCUT2D eigenvalue weighted by molar-refractivity contribution is -0.137. The van der Waals surface area contributed by atoms with Gasteiger partial charge in [-0.2, -0.15) is 0 Å². The molecular weight excluding hydrogens is 464 g/mol. The van der Waals surface area contributed by atoms with E-state index in [4.69, 9.17) is 16.3 Å². The summed E-state index contributed by atoms with van der Waals surface area (Å²) in [5, 5.41) is 13.7. The Hall–Kier alpha value is -2.34. The highest BCUT2D eigenvalue weighted by Crippen LogP contribution is 2.52. The van der Waals surface area contributed by atoms with Crippen LogP contribution in [0, 0.1) is 24.2 Å². The Labute approximate surface area is 213 Å². The summed E-state index contributed by atoms with van der Waals surface area (Å²) in [5.74, 6) is 0.717. The van der Waals surface area contributed by atoms with Crippen LogP contribution in [0.25, 0.3) is 0 Å². The number of rotatable bonds is 10. The van der Waals surface area contributed by atoms with Gasteiger partial charge in [0.05, 0.1) is 11.4 Å². The van der Waals surface area contributed by atoms with Gasteiger partial charge in [-0.3, -0.25) is 9.59 Å². The number of aryl methyl sites for hydroxylation is 1. The maximum Gasteiger partial charge on any atom is 0.303 e. The predicted molar refractivity (Wildman–Crippen MR) is 137 cm³/mol. The molecule has 0 aliphatic heterocycles. The standard InChI is InChI=1S/C28H37ClN2O4/c1-17-5-10-22(11-6-17)31(29)27(34)20(9-12-24(32)33)15-23-25(19-7-8-19)26(35-30-23)21-13-18(14-21)16-28(2,3)4/h5-6,10-11,18-21H,7-9,12-16H2,1-4H3,(H,32,33). The summed E-state index contributed by atoms with van der Waals surface area (Å²) in [5.41, 5.74) is 3.95. The molecule has 7 heteroatoms. The van der Waals surface area contributed by atoms with Crippen molar-refractivity contribution < 1.29 is 19.2 Å². The van der Waals surface area contributed by atoms with E-state index in [0.717, 1.165) is 47.1 Å². The third-order valence-corrected chi connectivity index (χ3v) is 7.64. The van der Waals surface area contributed by atoms with E-state index in [0.29, 0.717) is 35.3 Å². The molecule has 1 unspecified atom stereocenters. The summed E-state index contributed by atoms with van der Waals surface area (Å²) < 4.78 is 7.04. The van der Waals surface area contributed by atoms with Crippen molar-refractivity contribution >= 4 is 29.3 Å². The van der Waals surface area contributed by atoms with Gasteiger partial charge in [-0.15, -0.1) is 0 Å². The van der Waals surface area contributed by atoms with E-state index >= 15 is 0 Å². The predicted octanol–water partition coefficient (Wildman–Crippen LogP) is 7.00. The largest absolute Gasteiger partial charge is 0.481 e. The molecule has 2 aliphatic carbocycles. The summed E-state index contributed by atoms with van der Waals surface area (Å²) in [7, 11) is 0. The van der Waals surface area contributed by atoms with Crippen molar-refractivity contribution in [2.24, 2.45) is 17.3 Å². The highest BCUT2D eigenvalue weighted by molar-refractivity contribution is 6.36. The molecule has 1 atom stereocenters. The minimum Gasteiger partial charge on any atom is -0.481 e. The van der Waals surface area contributed by atoms with E-state index in [-0.39, 0.29) is 18.7 Å². The zero-order chi connectivity index (χ0) is 25.3. The van der Waals surface area contributed by atoms with Crippen LogP contribution in [-0.2, 0) is 16.0 Å². The highest BCUT2D eigenvalue weighted by Gasteiger charge is 2.41. The van der Waals surface area contributed by atoms with Crippen LogP contribution in [0.5, 0.6) is 0 Å². The molecule has 1 N–H and O–H groups in total. The Bertz CT molecular complexity index is 1050. The lowest BCUT2D eigenvalue weighted by atomic mass is 9.67. The van der Waals surface area contributed by atoms with Crippen LogP contribution in [0.1, 0.15) is 100 Å². The van der Waals surface area contributed by atoms with Gasteiger partial charge in [-0.05, 0) is 74.8 Å². The Morgan fingerprint density at radius 1 is 1.17 bits per heavy atom. The number of carbonyl (C=O) groups is 2. The number of aliphatic carboxylic acids is 1. The molecule has 35 heavy (non-hydrogen) atoms. The summed E-state index contributed by atoms with van der Waals surface area (Å²) in [4.78, 5) is 24.7. The molecular formula is C28H37ClN2O4. The molecule has 0 bridgehead atoms. The third kappa shape index (κ3) is 6.46. The van der Waals surface area contributed by atoms with Gasteiger partial charge in [0.1, 0.15) is 5.76 Å². The number of carbonyl (C=O) groups excluding carboxylic acids is 1. The normalized spacial score (nSPS) is 20.8. The number of halogens is 1. The van der Waals surface area contributed by atoms with Gasteiger partial charge in [-0.1, -0.05) is 43.6 Å². The first-order valence-electron chi connectivity index (χ1n) is 12.8. The van der Waals surface area contributed by atoms with Crippen molar-refractivity contribution in [3.05, 3.63) is 46.8 Å². The number of anilines is 1. The molecule has 2 saturated carbocycles. The van der Waals surface area contributed by atoms with Crippen molar-refractivity contribution in [3.63, 3.8) is 0 Å². The van der Waals surface area contributed by atoms with Crippen molar-refractivity contribution in [2.75, 3.05) is 4.42 Å². The zero-order valence-electron chi connectivity index (χ0n) is 21.2. The minimum atomic E-state index is -0.929. The molecule has 190 valence electrons. The SMILES string of the molecule is Cc1ccc(N(Cl)C(=O)C(CCC(=O)O)Cc2noc(C3CC(CC(C)(C)C)C3)c2C2CC2)cc1. The summed E-state index contributed by atoms with van der Waals surface area (Å²) in [6, 6.07) is 7.38. The second kappa shape index (κ2) is 10.3. The van der Waals surface area contributed by atoms with Crippen LogP contribution in [0.3, 0.4) is 0 Å². The van der Waals surface area contributed by atoms with Gasteiger partial charge in [0.15, 0.2) is 0 Å². The highest BCUT2D eigenvalue weighted by atomic mass is 35.5. The number of aromatic nitrogens is 1. The molecule has 0 spiro atoms. The number of carboxylic acid groups (broad SMARTS) is 1. The smallest absolute Gasteiger partial charge is 0.303 e. The Morgan fingerprint density at radius 2 is 1.83 bits per heavy atom. The van der Waals surface area contributed by atoms with E-state index in [2.05, 4.69) is 25.9 Å². The fourth-order valence-corrected chi connectivity index (χ4v) is 5.64. The monoisotopic (exact) mass is 500 g/mol. The second-order valence-corrected chi connectivity index (χ2v) is 12.1. The van der Waals surface area contributed by atoms with Gasteiger partial charge in [0.2, 0.25) is 5.91 Å². The van der Waals surface area contributed by atoms with Gasteiger partial charge in [0.25, 0.3) is 0 Å². The minimum absolute atomic E-state index is 0.102. The van der Waals surface area contributed by atoms with E-state index in [1.807, 2.05) is 19.1 Å². The number of hydrogen-bond acceptors (Lipinski definition) is 4. The average molecular weight is 501 g/mol. The van der Waals surface area contributed by atoms with Crippen molar-refractivity contribution in [2.45, 2.75) is 90.9 Å². The molecule has 1 heterocycles. The summed E-state index contributed by atoms with van der Waals surface area (Å²) in [6.45, 7) is 8.82. The Balaban J connectivity index is 1.51. The second-order valence-electron chi connectivity index (χ2n) is 11.8. The fourth-order valence-electron chi connectivity index (χ4n) is 5.38. The number of amides is 1. The summed E-state index contributed by atoms with van der Waals surface area (Å²) in [6.07, 6.45) is 6.11. The van der Waals surface area contributed by atoms with E-state index in [9.17, 15) is 14.7 Å². The van der Waals surface area contributed by atoms with Crippen LogP contribution in [0.2, 0.25) is 0 Å². The van der Waals surface area contributed by atoms with Gasteiger partial charge in [0, 0.05) is 42.0 Å². The first-order valence-corrected chi connectivity index (χ1v) is 13.1. The molecule has 1 aromatic heterocycles. The lowest BCUT2D eigenvalue weighted by Gasteiger charge is -2.38. The fraction of sp³-hybridized carbons (Fsp3) is 0.607. The average Bonchev–Trinajstić information content (AvgIpc) is 3.52. The van der Waals surface area contributed by atoms with Crippen molar-refractivity contribution in [1.82, 2.24) is 5.16 Å². The molecule has 2 aliphatic rings. The topological polar surface area (TPSA) is 83.6 Å². The maximum atomic E-state index is 13.4. The maximum absolute atomic E-state index is 13.4. The van der Waals surface area contributed by atoms with Crippen LogP contribution in [-0.4, -0.2) is 22.1 Å². The number of hydrogen-bond donors (Lipinski definition) is 1. The number of benzene rings is 1. The zero-order valence-corrected chi connectivity index (χ0v) is 22.0. The van der Waals surface area contributed by atoms with Crippen molar-refractivity contribution in [3.8, 4) is 0 Å². The van der Waals surface area contributed by atoms with Crippen molar-refractivity contribution in [1.29, 1.82) is 0 Å². The van der Waals surface area contributed by atoms with Crippen LogP contribution in [0.4, 0.5) is 5.69 Å². The van der Waals surface area contributed by atoms with Gasteiger partial charge >= 0.3 is 5.97 Å². The van der Waals surface area contributed by atoms with E-state index in [1.165, 1.54) is 12.0 Å². The first-order chi connectivity index (χ1) is 16.5. The molecule has 1 aromatic carbocycles. The molecule has 4 rings (SSSR count). The van der Waals surface area contributed by atoms with Crippen LogP contribution < -0.4 is 4.42 Å². The molecule has 1 amide bonds. The number of carboxylic acids is 1. The quantitative estimate of drug-likeness (QED) is 0.355. The van der Waals surface area contributed by atoms with Gasteiger partial charge < -0.3 is 9.63 Å².